The molecule has 0 saturated carbocycles. The molecule has 0 heterocycles. The molecule has 0 saturated heterocycles. The summed E-state index contributed by atoms with van der Waals surface area (Å²) < 4.78 is 5.51. The van der Waals surface area contributed by atoms with E-state index < -0.39 is 12.1 Å². The summed E-state index contributed by atoms with van der Waals surface area (Å²) in [5, 5.41) is 23.4. The first-order chi connectivity index (χ1) is 39.5. The van der Waals surface area contributed by atoms with Crippen LogP contribution in [0.15, 0.2) is 12.2 Å². The van der Waals surface area contributed by atoms with Gasteiger partial charge in [0.15, 0.2) is 0 Å². The summed E-state index contributed by atoms with van der Waals surface area (Å²) in [7, 11) is 0. The molecule has 0 fully saturated rings. The summed E-state index contributed by atoms with van der Waals surface area (Å²) in [5.41, 5.74) is 0. The molecule has 0 aliphatic heterocycles. The van der Waals surface area contributed by atoms with Crippen molar-refractivity contribution in [2.24, 2.45) is 0 Å². The highest BCUT2D eigenvalue weighted by molar-refractivity contribution is 5.76. The van der Waals surface area contributed by atoms with Crippen molar-refractivity contribution in [1.82, 2.24) is 5.32 Å². The molecule has 2 unspecified atom stereocenters. The van der Waals surface area contributed by atoms with Gasteiger partial charge in [0, 0.05) is 12.8 Å². The SMILES string of the molecule is CCCCCCCCCCCCCCCCCCCC(O)C(CO)NC(=O)CCCCCCCCCCCCCCCC/C=C\CCCCCCCCCCCCCCOC(=O)CCCCCCCCCCCCCCCCCC. The van der Waals surface area contributed by atoms with E-state index in [2.05, 4.69) is 31.3 Å². The Morgan fingerprint density at radius 1 is 0.338 bits per heavy atom. The zero-order valence-corrected chi connectivity index (χ0v) is 54.6. The van der Waals surface area contributed by atoms with Crippen LogP contribution in [0.3, 0.4) is 0 Å². The van der Waals surface area contributed by atoms with E-state index >= 15 is 0 Å². The zero-order chi connectivity index (χ0) is 57.8. The molecule has 0 aliphatic rings. The van der Waals surface area contributed by atoms with E-state index in [0.29, 0.717) is 25.9 Å². The molecule has 0 radical (unpaired) electrons. The molecule has 0 aromatic carbocycles. The van der Waals surface area contributed by atoms with Gasteiger partial charge in [0.05, 0.1) is 25.4 Å². The summed E-state index contributed by atoms with van der Waals surface area (Å²) >= 11 is 0. The smallest absolute Gasteiger partial charge is 0.305 e. The Hall–Kier alpha value is -1.40. The van der Waals surface area contributed by atoms with E-state index in [4.69, 9.17) is 4.74 Å². The predicted octanol–water partition coefficient (Wildman–Crippen LogP) is 23.9. The maximum absolute atomic E-state index is 12.5. The number of ether oxygens (including phenoxy) is 1. The number of rotatable bonds is 70. The van der Waals surface area contributed by atoms with E-state index in [1.54, 1.807) is 0 Å². The molecule has 0 aliphatic carbocycles. The number of hydrogen-bond acceptors (Lipinski definition) is 5. The quantitative estimate of drug-likeness (QED) is 0.0320. The number of carbonyl (C=O) groups excluding carboxylic acids is 2. The first-order valence-corrected chi connectivity index (χ1v) is 36.9. The molecule has 476 valence electrons. The molecule has 0 rings (SSSR count). The number of nitrogens with one attached hydrogen (secondary N) is 1. The normalized spacial score (nSPS) is 12.5. The number of hydrogen-bond donors (Lipinski definition) is 3. The van der Waals surface area contributed by atoms with Crippen LogP contribution in [0.5, 0.6) is 0 Å². The average molecular weight is 1130 g/mol. The van der Waals surface area contributed by atoms with Crippen LogP contribution in [-0.4, -0.2) is 47.4 Å². The number of unbranched alkanes of at least 4 members (excludes halogenated alkanes) is 57. The van der Waals surface area contributed by atoms with Gasteiger partial charge in [-0.05, 0) is 51.4 Å². The molecular formula is C74H145NO5. The number of esters is 1. The molecule has 6 heteroatoms. The number of carbonyl (C=O) groups is 2. The minimum atomic E-state index is -0.663. The number of allylic oxidation sites excluding steroid dienone is 2. The maximum atomic E-state index is 12.5. The first kappa shape index (κ1) is 78.6. The number of aliphatic hydroxyl groups is 2. The minimum absolute atomic E-state index is 0.0217. The lowest BCUT2D eigenvalue weighted by atomic mass is 10.0. The highest BCUT2D eigenvalue weighted by Gasteiger charge is 2.20. The summed E-state index contributed by atoms with van der Waals surface area (Å²) in [5.74, 6) is -0.00756. The van der Waals surface area contributed by atoms with Crippen LogP contribution in [0.4, 0.5) is 0 Å². The van der Waals surface area contributed by atoms with E-state index in [0.717, 1.165) is 38.5 Å². The summed E-state index contributed by atoms with van der Waals surface area (Å²) in [6, 6.07) is -0.540. The Labute approximate surface area is 501 Å². The molecule has 80 heavy (non-hydrogen) atoms. The van der Waals surface area contributed by atoms with Gasteiger partial charge in [-0.2, -0.15) is 0 Å². The molecule has 0 bridgehead atoms. The van der Waals surface area contributed by atoms with E-state index in [1.807, 2.05) is 0 Å². The molecule has 0 spiro atoms. The van der Waals surface area contributed by atoms with Crippen LogP contribution in [0.1, 0.15) is 425 Å². The Morgan fingerprint density at radius 2 is 0.588 bits per heavy atom. The molecule has 2 atom stereocenters. The average Bonchev–Trinajstić information content (AvgIpc) is 3.46. The fraction of sp³-hybridized carbons (Fsp3) is 0.946. The highest BCUT2D eigenvalue weighted by Crippen LogP contribution is 2.19. The predicted molar refractivity (Wildman–Crippen MR) is 352 cm³/mol. The van der Waals surface area contributed by atoms with Crippen molar-refractivity contribution in [1.29, 1.82) is 0 Å². The van der Waals surface area contributed by atoms with Gasteiger partial charge in [0.1, 0.15) is 0 Å². The highest BCUT2D eigenvalue weighted by atomic mass is 16.5. The monoisotopic (exact) mass is 1130 g/mol. The third-order valence-electron chi connectivity index (χ3n) is 17.6. The van der Waals surface area contributed by atoms with Gasteiger partial charge in [-0.1, -0.05) is 373 Å². The molecule has 0 aromatic heterocycles. The summed E-state index contributed by atoms with van der Waals surface area (Å²) in [6.07, 6.45) is 87.0. The Morgan fingerprint density at radius 3 is 0.887 bits per heavy atom. The van der Waals surface area contributed by atoms with E-state index in [1.165, 1.54) is 353 Å². The number of amides is 1. The van der Waals surface area contributed by atoms with Crippen LogP contribution >= 0.6 is 0 Å². The van der Waals surface area contributed by atoms with E-state index in [9.17, 15) is 19.8 Å². The van der Waals surface area contributed by atoms with Crippen molar-refractivity contribution in [2.45, 2.75) is 437 Å². The number of aliphatic hydroxyl groups excluding tert-OH is 2. The van der Waals surface area contributed by atoms with Gasteiger partial charge in [0.2, 0.25) is 5.91 Å². The standard InChI is InChI=1S/C74H145NO5/c1-3-5-7-9-11-13-15-17-19-35-38-42-46-50-54-58-62-66-72(77)71(70-76)75-73(78)67-63-59-55-51-47-43-39-36-33-31-29-27-25-23-21-22-24-26-28-30-32-34-37-41-45-49-53-57-61-65-69-80-74(79)68-64-60-56-52-48-44-40-20-18-16-14-12-10-8-6-4-2/h22,24,71-72,76-77H,3-21,23,25-70H2,1-2H3,(H,75,78)/b24-22-. The second-order valence-electron chi connectivity index (χ2n) is 25.6. The van der Waals surface area contributed by atoms with Gasteiger partial charge in [-0.15, -0.1) is 0 Å². The molecule has 3 N–H and O–H groups in total. The summed E-state index contributed by atoms with van der Waals surface area (Å²) in [4.78, 5) is 24.6. The van der Waals surface area contributed by atoms with Crippen LogP contribution in [0.25, 0.3) is 0 Å². The lowest BCUT2D eigenvalue weighted by molar-refractivity contribution is -0.143. The Bertz CT molecular complexity index is 1210. The van der Waals surface area contributed by atoms with Crippen molar-refractivity contribution in [3.8, 4) is 0 Å². The topological polar surface area (TPSA) is 95.9 Å². The minimum Gasteiger partial charge on any atom is -0.466 e. The third-order valence-corrected chi connectivity index (χ3v) is 17.6. The van der Waals surface area contributed by atoms with Crippen molar-refractivity contribution >= 4 is 11.9 Å². The van der Waals surface area contributed by atoms with Crippen LogP contribution in [0.2, 0.25) is 0 Å². The molecular weight excluding hydrogens is 983 g/mol. The largest absolute Gasteiger partial charge is 0.466 e. The Kier molecular flexibility index (Phi) is 68.9. The second-order valence-corrected chi connectivity index (χ2v) is 25.6. The van der Waals surface area contributed by atoms with Gasteiger partial charge in [0.25, 0.3) is 0 Å². The second kappa shape index (κ2) is 70.1. The van der Waals surface area contributed by atoms with Crippen LogP contribution in [-0.2, 0) is 14.3 Å². The van der Waals surface area contributed by atoms with Crippen molar-refractivity contribution in [3.63, 3.8) is 0 Å². The maximum Gasteiger partial charge on any atom is 0.305 e. The molecule has 6 nitrogen and oxygen atoms in total. The molecule has 0 aromatic rings. The van der Waals surface area contributed by atoms with Gasteiger partial charge in [-0.3, -0.25) is 9.59 Å². The lowest BCUT2D eigenvalue weighted by Crippen LogP contribution is -2.45. The van der Waals surface area contributed by atoms with Crippen molar-refractivity contribution in [2.75, 3.05) is 13.2 Å². The summed E-state index contributed by atoms with van der Waals surface area (Å²) in [6.45, 7) is 5.00. The van der Waals surface area contributed by atoms with Gasteiger partial charge < -0.3 is 20.3 Å². The van der Waals surface area contributed by atoms with Crippen molar-refractivity contribution in [3.05, 3.63) is 12.2 Å². The Balaban J connectivity index is 3.34. The fourth-order valence-corrected chi connectivity index (χ4v) is 11.9. The molecule has 1 amide bonds. The van der Waals surface area contributed by atoms with Gasteiger partial charge in [-0.25, -0.2) is 0 Å². The van der Waals surface area contributed by atoms with E-state index in [-0.39, 0.29) is 18.5 Å². The van der Waals surface area contributed by atoms with Crippen molar-refractivity contribution < 1.29 is 24.5 Å². The first-order valence-electron chi connectivity index (χ1n) is 36.9. The van der Waals surface area contributed by atoms with Gasteiger partial charge >= 0.3 is 5.97 Å². The van der Waals surface area contributed by atoms with Crippen LogP contribution < -0.4 is 5.32 Å². The lowest BCUT2D eigenvalue weighted by Gasteiger charge is -2.22. The zero-order valence-electron chi connectivity index (χ0n) is 54.6. The third kappa shape index (κ3) is 65.7. The van der Waals surface area contributed by atoms with Crippen LogP contribution in [0, 0.1) is 0 Å². The fourth-order valence-electron chi connectivity index (χ4n) is 11.9.